The standard InChI is InChI=1S/C12H15N3O2/c1-2-9-4-3-5-10(8-9)12(17)11(16)6-7-14-15-13/h2-5,8,11-12,16-17H,1,6-7H2. The molecule has 0 saturated carbocycles. The number of hydrogen-bond donors (Lipinski definition) is 2. The quantitative estimate of drug-likeness (QED) is 0.449. The first-order chi connectivity index (χ1) is 8.19. The van der Waals surface area contributed by atoms with Gasteiger partial charge in [-0.2, -0.15) is 0 Å². The summed E-state index contributed by atoms with van der Waals surface area (Å²) in [6.45, 7) is 3.80. The Balaban J connectivity index is 2.69. The monoisotopic (exact) mass is 233 g/mol. The van der Waals surface area contributed by atoms with E-state index in [9.17, 15) is 10.2 Å². The lowest BCUT2D eigenvalue weighted by atomic mass is 10.0. The second-order valence-corrected chi connectivity index (χ2v) is 3.63. The van der Waals surface area contributed by atoms with E-state index < -0.39 is 12.2 Å². The second kappa shape index (κ2) is 6.70. The predicted octanol–water partition coefficient (Wildman–Crippen LogP) is 2.42. The van der Waals surface area contributed by atoms with Gasteiger partial charge in [0.1, 0.15) is 6.10 Å². The SMILES string of the molecule is C=Cc1cccc(C(O)C(O)CCN=[N+]=[N-])c1. The Morgan fingerprint density at radius 3 is 2.88 bits per heavy atom. The lowest BCUT2D eigenvalue weighted by Gasteiger charge is -2.17. The molecule has 5 heteroatoms. The van der Waals surface area contributed by atoms with Crippen LogP contribution in [0.3, 0.4) is 0 Å². The first-order valence-electron chi connectivity index (χ1n) is 5.28. The molecular weight excluding hydrogens is 218 g/mol. The van der Waals surface area contributed by atoms with Gasteiger partial charge in [-0.25, -0.2) is 0 Å². The van der Waals surface area contributed by atoms with Crippen LogP contribution in [0, 0.1) is 0 Å². The van der Waals surface area contributed by atoms with Crippen LogP contribution in [0.2, 0.25) is 0 Å². The van der Waals surface area contributed by atoms with E-state index in [0.717, 1.165) is 5.56 Å². The van der Waals surface area contributed by atoms with Gasteiger partial charge in [-0.15, -0.1) is 0 Å². The number of rotatable bonds is 6. The Bertz CT molecular complexity index is 428. The van der Waals surface area contributed by atoms with Crippen molar-refractivity contribution in [2.24, 2.45) is 5.11 Å². The lowest BCUT2D eigenvalue weighted by molar-refractivity contribution is 0.0150. The van der Waals surface area contributed by atoms with Crippen LogP contribution in [-0.2, 0) is 0 Å². The minimum absolute atomic E-state index is 0.163. The van der Waals surface area contributed by atoms with Crippen molar-refractivity contribution in [2.45, 2.75) is 18.6 Å². The second-order valence-electron chi connectivity index (χ2n) is 3.63. The number of nitrogens with zero attached hydrogens (tertiary/aromatic N) is 3. The van der Waals surface area contributed by atoms with Crippen LogP contribution in [0.15, 0.2) is 36.0 Å². The molecule has 0 saturated heterocycles. The zero-order chi connectivity index (χ0) is 12.7. The molecule has 0 aliphatic carbocycles. The van der Waals surface area contributed by atoms with Gasteiger partial charge in [0, 0.05) is 11.5 Å². The van der Waals surface area contributed by atoms with Gasteiger partial charge in [0.15, 0.2) is 0 Å². The molecule has 0 bridgehead atoms. The summed E-state index contributed by atoms with van der Waals surface area (Å²) in [6, 6.07) is 7.13. The molecule has 0 aliphatic rings. The highest BCUT2D eigenvalue weighted by molar-refractivity contribution is 5.48. The first kappa shape index (κ1) is 13.3. The summed E-state index contributed by atoms with van der Waals surface area (Å²) < 4.78 is 0. The molecule has 17 heavy (non-hydrogen) atoms. The highest BCUT2D eigenvalue weighted by Crippen LogP contribution is 2.20. The van der Waals surface area contributed by atoms with Crippen LogP contribution in [0.5, 0.6) is 0 Å². The predicted molar refractivity (Wildman–Crippen MR) is 66.1 cm³/mol. The van der Waals surface area contributed by atoms with Crippen molar-refractivity contribution < 1.29 is 10.2 Å². The van der Waals surface area contributed by atoms with Crippen LogP contribution in [0.25, 0.3) is 16.5 Å². The third kappa shape index (κ3) is 3.92. The average molecular weight is 233 g/mol. The first-order valence-corrected chi connectivity index (χ1v) is 5.28. The van der Waals surface area contributed by atoms with Crippen molar-refractivity contribution in [3.05, 3.63) is 52.4 Å². The fourth-order valence-corrected chi connectivity index (χ4v) is 1.48. The Morgan fingerprint density at radius 1 is 1.47 bits per heavy atom. The van der Waals surface area contributed by atoms with Gasteiger partial charge in [0.25, 0.3) is 0 Å². The molecule has 90 valence electrons. The van der Waals surface area contributed by atoms with Crippen molar-refractivity contribution in [3.63, 3.8) is 0 Å². The molecule has 1 rings (SSSR count). The van der Waals surface area contributed by atoms with Gasteiger partial charge in [-0.1, -0.05) is 36.0 Å². The number of aliphatic hydroxyl groups is 2. The summed E-state index contributed by atoms with van der Waals surface area (Å²) in [4.78, 5) is 2.59. The smallest absolute Gasteiger partial charge is 0.105 e. The van der Waals surface area contributed by atoms with E-state index in [1.807, 2.05) is 6.07 Å². The number of azide groups is 1. The third-order valence-corrected chi connectivity index (χ3v) is 2.44. The van der Waals surface area contributed by atoms with Gasteiger partial charge in [0.2, 0.25) is 0 Å². The van der Waals surface area contributed by atoms with Gasteiger partial charge in [-0.3, -0.25) is 0 Å². The van der Waals surface area contributed by atoms with E-state index >= 15 is 0 Å². The van der Waals surface area contributed by atoms with Crippen LogP contribution in [-0.4, -0.2) is 22.9 Å². The van der Waals surface area contributed by atoms with Crippen LogP contribution in [0.4, 0.5) is 0 Å². The summed E-state index contributed by atoms with van der Waals surface area (Å²) >= 11 is 0. The van der Waals surface area contributed by atoms with Crippen molar-refractivity contribution in [1.82, 2.24) is 0 Å². The molecular formula is C12H15N3O2. The van der Waals surface area contributed by atoms with Crippen LogP contribution < -0.4 is 0 Å². The van der Waals surface area contributed by atoms with Crippen LogP contribution >= 0.6 is 0 Å². The molecule has 0 heterocycles. The van der Waals surface area contributed by atoms with E-state index in [1.165, 1.54) is 0 Å². The average Bonchev–Trinajstić information content (AvgIpc) is 2.38. The van der Waals surface area contributed by atoms with E-state index in [2.05, 4.69) is 16.6 Å². The van der Waals surface area contributed by atoms with Crippen LogP contribution in [0.1, 0.15) is 23.7 Å². The number of aliphatic hydroxyl groups excluding tert-OH is 2. The van der Waals surface area contributed by atoms with Crippen molar-refractivity contribution in [1.29, 1.82) is 0 Å². The normalized spacial score (nSPS) is 13.5. The van der Waals surface area contributed by atoms with Gasteiger partial charge >= 0.3 is 0 Å². The van der Waals surface area contributed by atoms with E-state index in [-0.39, 0.29) is 13.0 Å². The largest absolute Gasteiger partial charge is 0.390 e. The molecule has 0 fully saturated rings. The van der Waals surface area contributed by atoms with Crippen molar-refractivity contribution >= 4 is 6.08 Å². The van der Waals surface area contributed by atoms with E-state index in [0.29, 0.717) is 5.56 Å². The van der Waals surface area contributed by atoms with E-state index in [4.69, 9.17) is 5.53 Å². The van der Waals surface area contributed by atoms with Gasteiger partial charge in [-0.05, 0) is 29.1 Å². The Morgan fingerprint density at radius 2 is 2.24 bits per heavy atom. The maximum atomic E-state index is 9.89. The fourth-order valence-electron chi connectivity index (χ4n) is 1.48. The zero-order valence-electron chi connectivity index (χ0n) is 9.40. The molecule has 2 unspecified atom stereocenters. The summed E-state index contributed by atoms with van der Waals surface area (Å²) in [5.41, 5.74) is 9.61. The molecule has 1 aromatic carbocycles. The van der Waals surface area contributed by atoms with Crippen molar-refractivity contribution in [3.8, 4) is 0 Å². The molecule has 0 amide bonds. The zero-order valence-corrected chi connectivity index (χ0v) is 9.40. The molecule has 2 N–H and O–H groups in total. The molecule has 0 aromatic heterocycles. The summed E-state index contributed by atoms with van der Waals surface area (Å²) in [5, 5.41) is 22.9. The molecule has 0 radical (unpaired) electrons. The third-order valence-electron chi connectivity index (χ3n) is 2.44. The highest BCUT2D eigenvalue weighted by atomic mass is 16.3. The van der Waals surface area contributed by atoms with Gasteiger partial charge < -0.3 is 10.2 Å². The topological polar surface area (TPSA) is 89.2 Å². The number of hydrogen-bond acceptors (Lipinski definition) is 3. The Hall–Kier alpha value is -1.81. The van der Waals surface area contributed by atoms with Gasteiger partial charge in [0.05, 0.1) is 6.10 Å². The number of benzene rings is 1. The Kier molecular flexibility index (Phi) is 5.23. The minimum Gasteiger partial charge on any atom is -0.390 e. The highest BCUT2D eigenvalue weighted by Gasteiger charge is 2.17. The maximum absolute atomic E-state index is 9.89. The molecule has 1 aromatic rings. The summed E-state index contributed by atoms with van der Waals surface area (Å²) in [7, 11) is 0. The fraction of sp³-hybridized carbons (Fsp3) is 0.333. The summed E-state index contributed by atoms with van der Waals surface area (Å²) in [5.74, 6) is 0. The Labute approximate surface area is 99.7 Å². The molecule has 0 aliphatic heterocycles. The van der Waals surface area contributed by atoms with E-state index in [1.54, 1.807) is 24.3 Å². The summed E-state index contributed by atoms with van der Waals surface area (Å²) in [6.07, 6.45) is -0.0316. The van der Waals surface area contributed by atoms with Crippen molar-refractivity contribution in [2.75, 3.05) is 6.54 Å². The minimum atomic E-state index is -0.983. The molecule has 2 atom stereocenters. The molecule has 0 spiro atoms. The molecule has 5 nitrogen and oxygen atoms in total. The maximum Gasteiger partial charge on any atom is 0.105 e. The lowest BCUT2D eigenvalue weighted by Crippen LogP contribution is -2.19.